The first-order valence-electron chi connectivity index (χ1n) is 7.39. The summed E-state index contributed by atoms with van der Waals surface area (Å²) in [5.41, 5.74) is 0.922. The van der Waals surface area contributed by atoms with Crippen LogP contribution in [0, 0.1) is 11.6 Å². The van der Waals surface area contributed by atoms with E-state index in [1.54, 1.807) is 6.07 Å². The third-order valence-corrected chi connectivity index (χ3v) is 3.53. The van der Waals surface area contributed by atoms with E-state index in [2.05, 4.69) is 0 Å². The van der Waals surface area contributed by atoms with Crippen LogP contribution in [0.15, 0.2) is 54.6 Å². The highest BCUT2D eigenvalue weighted by Gasteiger charge is 2.15. The average molecular weight is 330 g/mol. The Balaban J connectivity index is 2.00. The van der Waals surface area contributed by atoms with Gasteiger partial charge < -0.3 is 14.2 Å². The van der Waals surface area contributed by atoms with Crippen molar-refractivity contribution in [2.75, 3.05) is 13.9 Å². The van der Waals surface area contributed by atoms with Crippen molar-refractivity contribution in [3.05, 3.63) is 71.8 Å². The van der Waals surface area contributed by atoms with Crippen LogP contribution in [0.5, 0.6) is 11.5 Å². The molecule has 0 aliphatic rings. The number of ether oxygens (including phenoxy) is 3. The zero-order chi connectivity index (χ0) is 16.9. The second-order valence-electron chi connectivity index (χ2n) is 5.21. The molecule has 0 N–H and O–H groups in total. The van der Waals surface area contributed by atoms with Crippen molar-refractivity contribution in [1.29, 1.82) is 0 Å². The van der Waals surface area contributed by atoms with Crippen LogP contribution in [-0.2, 0) is 11.3 Å². The fraction of sp³-hybridized carbons (Fsp3) is 0.158. The molecule has 0 unspecified atom stereocenters. The third-order valence-electron chi connectivity index (χ3n) is 3.53. The molecule has 0 saturated heterocycles. The van der Waals surface area contributed by atoms with Gasteiger partial charge in [-0.3, -0.25) is 0 Å². The zero-order valence-corrected chi connectivity index (χ0v) is 13.1. The number of benzene rings is 3. The summed E-state index contributed by atoms with van der Waals surface area (Å²) in [6.45, 7) is 0.285. The number of hydrogen-bond acceptors (Lipinski definition) is 3. The molecule has 124 valence electrons. The van der Waals surface area contributed by atoms with E-state index in [0.29, 0.717) is 11.1 Å². The molecule has 0 spiro atoms. The molecule has 0 radical (unpaired) electrons. The molecular formula is C19H16F2O3. The van der Waals surface area contributed by atoms with Crippen LogP contribution in [0.2, 0.25) is 0 Å². The molecule has 0 aromatic heterocycles. The molecule has 0 aliphatic carbocycles. The quantitative estimate of drug-likeness (QED) is 0.614. The smallest absolute Gasteiger partial charge is 0.188 e. The summed E-state index contributed by atoms with van der Waals surface area (Å²) in [5.74, 6) is -1.18. The van der Waals surface area contributed by atoms with Crippen molar-refractivity contribution in [3.63, 3.8) is 0 Å². The second kappa shape index (κ2) is 7.27. The molecule has 3 aromatic rings. The molecule has 0 atom stereocenters. The van der Waals surface area contributed by atoms with Gasteiger partial charge in [-0.2, -0.15) is 0 Å². The predicted molar refractivity (Wildman–Crippen MR) is 87.1 cm³/mol. The first kappa shape index (κ1) is 16.2. The van der Waals surface area contributed by atoms with Crippen LogP contribution in [0.4, 0.5) is 8.78 Å². The third kappa shape index (κ3) is 3.46. The lowest BCUT2D eigenvalue weighted by atomic mass is 10.1. The highest BCUT2D eigenvalue weighted by molar-refractivity contribution is 5.90. The molecule has 0 bridgehead atoms. The fourth-order valence-electron chi connectivity index (χ4n) is 2.39. The molecule has 5 heteroatoms. The lowest BCUT2D eigenvalue weighted by Crippen LogP contribution is -2.01. The normalized spacial score (nSPS) is 10.8. The van der Waals surface area contributed by atoms with Crippen molar-refractivity contribution < 1.29 is 23.0 Å². The number of rotatable bonds is 6. The number of fused-ring (bicyclic) bond motifs is 1. The van der Waals surface area contributed by atoms with E-state index in [-0.39, 0.29) is 24.5 Å². The molecular weight excluding hydrogens is 314 g/mol. The van der Waals surface area contributed by atoms with Gasteiger partial charge in [-0.25, -0.2) is 8.78 Å². The van der Waals surface area contributed by atoms with E-state index in [1.807, 2.05) is 30.3 Å². The Kier molecular flexibility index (Phi) is 4.91. The molecule has 3 nitrogen and oxygen atoms in total. The summed E-state index contributed by atoms with van der Waals surface area (Å²) in [6.07, 6.45) is 0. The maximum Gasteiger partial charge on any atom is 0.188 e. The second-order valence-corrected chi connectivity index (χ2v) is 5.21. The Morgan fingerprint density at radius 3 is 2.46 bits per heavy atom. The first-order chi connectivity index (χ1) is 11.7. The van der Waals surface area contributed by atoms with Gasteiger partial charge in [-0.1, -0.05) is 36.4 Å². The maximum atomic E-state index is 14.2. The van der Waals surface area contributed by atoms with E-state index in [9.17, 15) is 8.78 Å². The van der Waals surface area contributed by atoms with Crippen molar-refractivity contribution in [3.8, 4) is 11.5 Å². The fourth-order valence-corrected chi connectivity index (χ4v) is 2.39. The number of methoxy groups -OCH3 is 1. The summed E-state index contributed by atoms with van der Waals surface area (Å²) in [5, 5.41) is 0.585. The van der Waals surface area contributed by atoms with E-state index >= 15 is 0 Å². The Morgan fingerprint density at radius 1 is 0.917 bits per heavy atom. The Bertz CT molecular complexity index is 835. The van der Waals surface area contributed by atoms with Gasteiger partial charge in [0.05, 0.1) is 5.39 Å². The molecule has 0 amide bonds. The monoisotopic (exact) mass is 330 g/mol. The zero-order valence-electron chi connectivity index (χ0n) is 13.1. The minimum atomic E-state index is -0.936. The van der Waals surface area contributed by atoms with Gasteiger partial charge in [0.15, 0.2) is 18.4 Å². The Morgan fingerprint density at radius 2 is 1.71 bits per heavy atom. The van der Waals surface area contributed by atoms with Crippen molar-refractivity contribution in [2.24, 2.45) is 0 Å². The molecule has 0 aliphatic heterocycles. The maximum absolute atomic E-state index is 14.2. The summed E-state index contributed by atoms with van der Waals surface area (Å²) in [6, 6.07) is 15.2. The number of hydrogen-bond donors (Lipinski definition) is 0. The van der Waals surface area contributed by atoms with E-state index in [1.165, 1.54) is 19.2 Å². The largest absolute Gasteiger partial charge is 0.488 e. The molecule has 3 aromatic carbocycles. The predicted octanol–water partition coefficient (Wildman–Crippen LogP) is 4.68. The lowest BCUT2D eigenvalue weighted by molar-refractivity contribution is 0.0510. The topological polar surface area (TPSA) is 27.7 Å². The van der Waals surface area contributed by atoms with Crippen molar-refractivity contribution >= 4 is 10.8 Å². The van der Waals surface area contributed by atoms with Gasteiger partial charge in [0, 0.05) is 13.2 Å². The Hall–Kier alpha value is -2.66. The summed E-state index contributed by atoms with van der Waals surface area (Å²) in [7, 11) is 1.50. The van der Waals surface area contributed by atoms with Gasteiger partial charge in [0.2, 0.25) is 0 Å². The first-order valence-corrected chi connectivity index (χ1v) is 7.39. The minimum absolute atomic E-state index is 0.0489. The van der Waals surface area contributed by atoms with Gasteiger partial charge in [0.25, 0.3) is 0 Å². The SMILES string of the molecule is COCOc1cc(OCc2ccccc2)c2c(F)c(F)ccc2c1. The van der Waals surface area contributed by atoms with Gasteiger partial charge in [-0.15, -0.1) is 0 Å². The van der Waals surface area contributed by atoms with Crippen LogP contribution < -0.4 is 9.47 Å². The summed E-state index contributed by atoms with van der Waals surface area (Å²) < 4.78 is 43.9. The van der Waals surface area contributed by atoms with Crippen LogP contribution >= 0.6 is 0 Å². The van der Waals surface area contributed by atoms with E-state index in [0.717, 1.165) is 11.6 Å². The van der Waals surface area contributed by atoms with Crippen LogP contribution in [0.3, 0.4) is 0 Å². The van der Waals surface area contributed by atoms with Crippen LogP contribution in [0.1, 0.15) is 5.56 Å². The van der Waals surface area contributed by atoms with Crippen LogP contribution in [-0.4, -0.2) is 13.9 Å². The van der Waals surface area contributed by atoms with Gasteiger partial charge >= 0.3 is 0 Å². The van der Waals surface area contributed by atoms with Gasteiger partial charge in [0.1, 0.15) is 18.1 Å². The summed E-state index contributed by atoms with van der Waals surface area (Å²) >= 11 is 0. The average Bonchev–Trinajstić information content (AvgIpc) is 2.62. The van der Waals surface area contributed by atoms with Crippen LogP contribution in [0.25, 0.3) is 10.8 Å². The highest BCUT2D eigenvalue weighted by Crippen LogP contribution is 2.34. The molecule has 3 rings (SSSR count). The van der Waals surface area contributed by atoms with E-state index in [4.69, 9.17) is 14.2 Å². The minimum Gasteiger partial charge on any atom is -0.488 e. The summed E-state index contributed by atoms with van der Waals surface area (Å²) in [4.78, 5) is 0. The highest BCUT2D eigenvalue weighted by atomic mass is 19.2. The number of halogens is 2. The Labute approximate surface area is 138 Å². The lowest BCUT2D eigenvalue weighted by Gasteiger charge is -2.13. The van der Waals surface area contributed by atoms with Crippen molar-refractivity contribution in [2.45, 2.75) is 6.61 Å². The standard InChI is InChI=1S/C19H16F2O3/c1-22-12-24-15-9-14-7-8-16(20)19(21)18(14)17(10-15)23-11-13-5-3-2-4-6-13/h2-10H,11-12H2,1H3. The van der Waals surface area contributed by atoms with E-state index < -0.39 is 11.6 Å². The van der Waals surface area contributed by atoms with Crippen molar-refractivity contribution in [1.82, 2.24) is 0 Å². The molecule has 0 fully saturated rings. The molecule has 0 heterocycles. The van der Waals surface area contributed by atoms with Gasteiger partial charge in [-0.05, 0) is 23.1 Å². The molecule has 0 saturated carbocycles. The molecule has 24 heavy (non-hydrogen) atoms.